The lowest BCUT2D eigenvalue weighted by Crippen LogP contribution is -2.34. The highest BCUT2D eigenvalue weighted by atomic mass is 16.3. The van der Waals surface area contributed by atoms with E-state index in [1.54, 1.807) is 0 Å². The fourth-order valence-corrected chi connectivity index (χ4v) is 2.72. The van der Waals surface area contributed by atoms with Crippen LogP contribution < -0.4 is 0 Å². The molecular weight excluding hydrogens is 208 g/mol. The molecule has 0 aliphatic carbocycles. The van der Waals surface area contributed by atoms with Crippen LogP contribution in [0.4, 0.5) is 0 Å². The number of hydrogen-bond donors (Lipinski definition) is 1. The second kappa shape index (κ2) is 6.20. The molecule has 1 N–H and O–H groups in total. The first-order chi connectivity index (χ1) is 7.91. The van der Waals surface area contributed by atoms with Gasteiger partial charge in [-0.1, -0.05) is 58.0 Å². The van der Waals surface area contributed by atoms with Crippen LogP contribution in [0.25, 0.3) is 0 Å². The summed E-state index contributed by atoms with van der Waals surface area (Å²) in [5.74, 6) is 1.06. The molecule has 0 bridgehead atoms. The molecular formula is C16H26O. The van der Waals surface area contributed by atoms with Crippen LogP contribution in [0.1, 0.15) is 46.1 Å². The van der Waals surface area contributed by atoms with E-state index in [9.17, 15) is 5.11 Å². The molecule has 0 unspecified atom stereocenters. The summed E-state index contributed by atoms with van der Waals surface area (Å²) in [6, 6.07) is 10.3. The van der Waals surface area contributed by atoms with Crippen molar-refractivity contribution in [2.75, 3.05) is 0 Å². The summed E-state index contributed by atoms with van der Waals surface area (Å²) in [6.07, 6.45) is 2.52. The molecule has 0 fully saturated rings. The molecule has 1 aromatic rings. The zero-order valence-electron chi connectivity index (χ0n) is 11.6. The van der Waals surface area contributed by atoms with E-state index in [0.717, 1.165) is 19.3 Å². The predicted octanol–water partition coefficient (Wildman–Crippen LogP) is 4.05. The third kappa shape index (κ3) is 5.36. The van der Waals surface area contributed by atoms with Gasteiger partial charge in [0.2, 0.25) is 0 Å². The summed E-state index contributed by atoms with van der Waals surface area (Å²) in [5, 5.41) is 10.8. The number of rotatable bonds is 6. The van der Waals surface area contributed by atoms with Gasteiger partial charge in [0, 0.05) is 6.42 Å². The number of aliphatic hydroxyl groups is 1. The van der Waals surface area contributed by atoms with E-state index in [1.807, 2.05) is 18.2 Å². The van der Waals surface area contributed by atoms with E-state index in [0.29, 0.717) is 11.8 Å². The van der Waals surface area contributed by atoms with Gasteiger partial charge in [-0.3, -0.25) is 0 Å². The Kier molecular flexibility index (Phi) is 5.20. The topological polar surface area (TPSA) is 20.2 Å². The Bertz CT molecular complexity index is 304. The van der Waals surface area contributed by atoms with Crippen LogP contribution in [0, 0.1) is 11.8 Å². The zero-order chi connectivity index (χ0) is 12.9. The largest absolute Gasteiger partial charge is 0.390 e. The molecule has 0 spiro atoms. The van der Waals surface area contributed by atoms with Crippen molar-refractivity contribution >= 4 is 0 Å². The van der Waals surface area contributed by atoms with Gasteiger partial charge in [-0.05, 0) is 30.2 Å². The molecule has 0 aliphatic rings. The molecule has 0 aliphatic heterocycles. The molecule has 0 atom stereocenters. The van der Waals surface area contributed by atoms with Gasteiger partial charge in [-0.2, -0.15) is 0 Å². The van der Waals surface area contributed by atoms with Gasteiger partial charge in [-0.15, -0.1) is 0 Å². The normalized spacial score (nSPS) is 12.4. The third-order valence-electron chi connectivity index (χ3n) is 2.95. The van der Waals surface area contributed by atoms with Crippen molar-refractivity contribution in [2.24, 2.45) is 11.8 Å². The van der Waals surface area contributed by atoms with Crippen molar-refractivity contribution in [3.05, 3.63) is 35.9 Å². The summed E-state index contributed by atoms with van der Waals surface area (Å²) in [6.45, 7) is 8.71. The first-order valence-electron chi connectivity index (χ1n) is 6.67. The highest BCUT2D eigenvalue weighted by molar-refractivity contribution is 5.17. The minimum Gasteiger partial charge on any atom is -0.390 e. The van der Waals surface area contributed by atoms with E-state index < -0.39 is 5.60 Å². The van der Waals surface area contributed by atoms with E-state index in [2.05, 4.69) is 39.8 Å². The lowest BCUT2D eigenvalue weighted by Gasteiger charge is -2.32. The van der Waals surface area contributed by atoms with E-state index >= 15 is 0 Å². The molecule has 1 aromatic carbocycles. The van der Waals surface area contributed by atoms with Crippen LogP contribution in [0.2, 0.25) is 0 Å². The van der Waals surface area contributed by atoms with Crippen molar-refractivity contribution in [3.63, 3.8) is 0 Å². The van der Waals surface area contributed by atoms with Crippen LogP contribution in [-0.2, 0) is 6.42 Å². The van der Waals surface area contributed by atoms with Gasteiger partial charge in [0.05, 0.1) is 5.60 Å². The van der Waals surface area contributed by atoms with Crippen LogP contribution in [0.15, 0.2) is 30.3 Å². The maximum absolute atomic E-state index is 10.8. The quantitative estimate of drug-likeness (QED) is 0.787. The lowest BCUT2D eigenvalue weighted by molar-refractivity contribution is 0.000747. The zero-order valence-corrected chi connectivity index (χ0v) is 11.6. The van der Waals surface area contributed by atoms with Gasteiger partial charge in [0.15, 0.2) is 0 Å². The average molecular weight is 234 g/mol. The lowest BCUT2D eigenvalue weighted by atomic mass is 9.81. The molecule has 17 heavy (non-hydrogen) atoms. The fraction of sp³-hybridized carbons (Fsp3) is 0.625. The predicted molar refractivity (Wildman–Crippen MR) is 74.0 cm³/mol. The van der Waals surface area contributed by atoms with Crippen LogP contribution in [0.5, 0.6) is 0 Å². The Morgan fingerprint density at radius 2 is 1.41 bits per heavy atom. The van der Waals surface area contributed by atoms with E-state index in [1.165, 1.54) is 5.56 Å². The van der Waals surface area contributed by atoms with Crippen molar-refractivity contribution in [2.45, 2.75) is 52.6 Å². The van der Waals surface area contributed by atoms with Crippen LogP contribution in [-0.4, -0.2) is 10.7 Å². The Balaban J connectivity index is 2.76. The standard InChI is InChI=1S/C16H26O/c1-13(2)10-16(17,11-14(3)4)12-15-8-6-5-7-9-15/h5-9,13-14,17H,10-12H2,1-4H3. The maximum atomic E-state index is 10.8. The van der Waals surface area contributed by atoms with Crippen molar-refractivity contribution in [1.82, 2.24) is 0 Å². The van der Waals surface area contributed by atoms with Crippen molar-refractivity contribution in [1.29, 1.82) is 0 Å². The minimum atomic E-state index is -0.552. The number of hydrogen-bond acceptors (Lipinski definition) is 1. The smallest absolute Gasteiger partial charge is 0.0692 e. The molecule has 1 nitrogen and oxygen atoms in total. The van der Waals surface area contributed by atoms with Gasteiger partial charge in [-0.25, -0.2) is 0 Å². The minimum absolute atomic E-state index is 0.530. The van der Waals surface area contributed by atoms with Gasteiger partial charge in [0.1, 0.15) is 0 Å². The van der Waals surface area contributed by atoms with Crippen LogP contribution in [0.3, 0.4) is 0 Å². The summed E-state index contributed by atoms with van der Waals surface area (Å²) >= 11 is 0. The summed E-state index contributed by atoms with van der Waals surface area (Å²) in [7, 11) is 0. The summed E-state index contributed by atoms with van der Waals surface area (Å²) in [4.78, 5) is 0. The van der Waals surface area contributed by atoms with Gasteiger partial charge in [0.25, 0.3) is 0 Å². The highest BCUT2D eigenvalue weighted by Gasteiger charge is 2.29. The summed E-state index contributed by atoms with van der Waals surface area (Å²) in [5.41, 5.74) is 0.681. The Hall–Kier alpha value is -0.820. The molecule has 0 aromatic heterocycles. The van der Waals surface area contributed by atoms with E-state index in [4.69, 9.17) is 0 Å². The van der Waals surface area contributed by atoms with Gasteiger partial charge >= 0.3 is 0 Å². The Morgan fingerprint density at radius 1 is 0.941 bits per heavy atom. The van der Waals surface area contributed by atoms with Crippen molar-refractivity contribution in [3.8, 4) is 0 Å². The Morgan fingerprint density at radius 3 is 1.82 bits per heavy atom. The Labute approximate surface area is 106 Å². The highest BCUT2D eigenvalue weighted by Crippen LogP contribution is 2.28. The van der Waals surface area contributed by atoms with E-state index in [-0.39, 0.29) is 0 Å². The maximum Gasteiger partial charge on any atom is 0.0692 e. The summed E-state index contributed by atoms with van der Waals surface area (Å²) < 4.78 is 0. The first kappa shape index (κ1) is 14.2. The average Bonchev–Trinajstić information content (AvgIpc) is 2.15. The van der Waals surface area contributed by atoms with Crippen molar-refractivity contribution < 1.29 is 5.11 Å². The second-order valence-corrected chi connectivity index (χ2v) is 6.08. The third-order valence-corrected chi connectivity index (χ3v) is 2.95. The van der Waals surface area contributed by atoms with Gasteiger partial charge < -0.3 is 5.11 Å². The molecule has 0 heterocycles. The fourth-order valence-electron chi connectivity index (χ4n) is 2.72. The SMILES string of the molecule is CC(C)CC(O)(Cc1ccccc1)CC(C)C. The molecule has 1 heteroatoms. The molecule has 0 saturated heterocycles. The molecule has 0 amide bonds. The molecule has 0 saturated carbocycles. The first-order valence-corrected chi connectivity index (χ1v) is 6.67. The van der Waals surface area contributed by atoms with Crippen LogP contribution >= 0.6 is 0 Å². The molecule has 0 radical (unpaired) electrons. The second-order valence-electron chi connectivity index (χ2n) is 6.08. The molecule has 96 valence electrons. The number of benzene rings is 1. The molecule has 1 rings (SSSR count). The monoisotopic (exact) mass is 234 g/mol.